The zero-order valence-corrected chi connectivity index (χ0v) is 13.4. The molecule has 1 aliphatic rings. The molecule has 1 saturated heterocycles. The second kappa shape index (κ2) is 6.42. The van der Waals surface area contributed by atoms with Crippen LogP contribution in [0.4, 0.5) is 10.8 Å². The molecule has 1 amide bonds. The Morgan fingerprint density at radius 2 is 2.04 bits per heavy atom. The lowest BCUT2D eigenvalue weighted by Crippen LogP contribution is -2.36. The molecule has 1 aliphatic heterocycles. The van der Waals surface area contributed by atoms with Crippen molar-refractivity contribution in [2.24, 2.45) is 0 Å². The van der Waals surface area contributed by atoms with Crippen LogP contribution in [0.2, 0.25) is 0 Å². The molecular formula is C14H13N7O2S. The maximum atomic E-state index is 12.2. The van der Waals surface area contributed by atoms with Crippen molar-refractivity contribution in [1.82, 2.24) is 25.4 Å². The molecule has 4 rings (SSSR count). The largest absolute Gasteiger partial charge is 0.378 e. The van der Waals surface area contributed by atoms with Crippen LogP contribution in [-0.2, 0) is 4.74 Å². The smallest absolute Gasteiger partial charge is 0.297 e. The lowest BCUT2D eigenvalue weighted by Gasteiger charge is -2.28. The second-order valence-electron chi connectivity index (χ2n) is 5.11. The van der Waals surface area contributed by atoms with E-state index in [1.165, 1.54) is 16.8 Å². The number of nitrogens with zero attached hydrogens (tertiary/aromatic N) is 6. The van der Waals surface area contributed by atoms with Crippen molar-refractivity contribution in [1.29, 1.82) is 0 Å². The molecule has 9 nitrogen and oxygen atoms in total. The van der Waals surface area contributed by atoms with Gasteiger partial charge in [-0.15, -0.1) is 20.4 Å². The molecule has 1 aromatic carbocycles. The first-order valence-corrected chi connectivity index (χ1v) is 8.22. The summed E-state index contributed by atoms with van der Waals surface area (Å²) in [5.41, 5.74) is 3.82. The summed E-state index contributed by atoms with van der Waals surface area (Å²) in [6.07, 6.45) is 0. The zero-order chi connectivity index (χ0) is 16.4. The van der Waals surface area contributed by atoms with Crippen LogP contribution in [0, 0.1) is 0 Å². The highest BCUT2D eigenvalue weighted by atomic mass is 32.1. The summed E-state index contributed by atoms with van der Waals surface area (Å²) in [6.45, 7) is 3.06. The molecule has 0 spiro atoms. The molecular weight excluding hydrogens is 330 g/mol. The fourth-order valence-corrected chi connectivity index (χ4v) is 2.86. The summed E-state index contributed by atoms with van der Waals surface area (Å²) in [5, 5.41) is 18.4. The number of hydrogen-bond donors (Lipinski definition) is 1. The number of morpholine rings is 1. The Bertz CT molecular complexity index is 865. The maximum absolute atomic E-state index is 12.2. The predicted octanol–water partition coefficient (Wildman–Crippen LogP) is 0.965. The minimum absolute atomic E-state index is 0.00294. The van der Waals surface area contributed by atoms with E-state index in [0.717, 1.165) is 18.8 Å². The lowest BCUT2D eigenvalue weighted by molar-refractivity contribution is 0.101. The van der Waals surface area contributed by atoms with Crippen molar-refractivity contribution in [3.63, 3.8) is 0 Å². The number of amides is 1. The highest BCUT2D eigenvalue weighted by Crippen LogP contribution is 2.20. The minimum Gasteiger partial charge on any atom is -0.378 e. The topological polar surface area (TPSA) is 106 Å². The Morgan fingerprint density at radius 3 is 2.83 bits per heavy atom. The fourth-order valence-electron chi connectivity index (χ4n) is 2.42. The second-order valence-corrected chi connectivity index (χ2v) is 5.94. The summed E-state index contributed by atoms with van der Waals surface area (Å²) < 4.78 is 5.37. The van der Waals surface area contributed by atoms with Gasteiger partial charge in [-0.25, -0.2) is 4.98 Å². The van der Waals surface area contributed by atoms with Crippen molar-refractivity contribution < 1.29 is 9.53 Å². The Balaban J connectivity index is 1.62. The fraction of sp³-hybridized carbons (Fsp3) is 0.286. The third-order valence-corrected chi connectivity index (χ3v) is 4.20. The Hall–Kier alpha value is -2.72. The Kier molecular flexibility index (Phi) is 3.97. The van der Waals surface area contributed by atoms with E-state index in [0.29, 0.717) is 29.4 Å². The van der Waals surface area contributed by atoms with E-state index in [1.54, 1.807) is 0 Å². The third-order valence-electron chi connectivity index (χ3n) is 3.60. The van der Waals surface area contributed by atoms with E-state index >= 15 is 0 Å². The predicted molar refractivity (Wildman–Crippen MR) is 88.2 cm³/mol. The van der Waals surface area contributed by atoms with Gasteiger partial charge in [0.05, 0.1) is 18.7 Å². The quantitative estimate of drug-likeness (QED) is 0.750. The number of carbonyl (C=O) groups excluding carboxylic acids is 1. The van der Waals surface area contributed by atoms with Crippen LogP contribution in [0.25, 0.3) is 11.0 Å². The number of hydrogen-bond acceptors (Lipinski definition) is 9. The van der Waals surface area contributed by atoms with E-state index < -0.39 is 5.91 Å². The highest BCUT2D eigenvalue weighted by Gasteiger charge is 2.15. The summed E-state index contributed by atoms with van der Waals surface area (Å²) >= 11 is 1.22. The maximum Gasteiger partial charge on any atom is 0.297 e. The summed E-state index contributed by atoms with van der Waals surface area (Å²) in [7, 11) is 0. The van der Waals surface area contributed by atoms with E-state index in [-0.39, 0.29) is 5.82 Å². The van der Waals surface area contributed by atoms with Gasteiger partial charge in [0.15, 0.2) is 0 Å². The van der Waals surface area contributed by atoms with Gasteiger partial charge < -0.3 is 9.64 Å². The SMILES string of the molecule is O=C(Nc1nncs1)c1nnc2ccc(N3CCOCC3)cc2n1. The van der Waals surface area contributed by atoms with E-state index in [1.807, 2.05) is 18.2 Å². The van der Waals surface area contributed by atoms with Crippen molar-refractivity contribution in [3.8, 4) is 0 Å². The Morgan fingerprint density at radius 1 is 1.17 bits per heavy atom. The van der Waals surface area contributed by atoms with Gasteiger partial charge in [-0.2, -0.15) is 0 Å². The minimum atomic E-state index is -0.460. The molecule has 1 fully saturated rings. The first kappa shape index (κ1) is 14.8. The van der Waals surface area contributed by atoms with Crippen molar-refractivity contribution >= 4 is 39.1 Å². The molecule has 0 unspecified atom stereocenters. The number of fused-ring (bicyclic) bond motifs is 1. The van der Waals surface area contributed by atoms with Crippen LogP contribution in [0.3, 0.4) is 0 Å². The normalized spacial score (nSPS) is 14.8. The highest BCUT2D eigenvalue weighted by molar-refractivity contribution is 7.13. The number of aromatic nitrogens is 5. The lowest BCUT2D eigenvalue weighted by atomic mass is 10.2. The molecule has 122 valence electrons. The average molecular weight is 343 g/mol. The van der Waals surface area contributed by atoms with Crippen LogP contribution in [0.5, 0.6) is 0 Å². The summed E-state index contributed by atoms with van der Waals surface area (Å²) in [6, 6.07) is 5.74. The summed E-state index contributed by atoms with van der Waals surface area (Å²) in [4.78, 5) is 18.7. The van der Waals surface area contributed by atoms with Crippen LogP contribution >= 0.6 is 11.3 Å². The van der Waals surface area contributed by atoms with Gasteiger partial charge in [0.2, 0.25) is 11.0 Å². The molecule has 3 heterocycles. The number of rotatable bonds is 3. The average Bonchev–Trinajstić information content (AvgIpc) is 3.14. The molecule has 0 aliphatic carbocycles. The molecule has 0 bridgehead atoms. The van der Waals surface area contributed by atoms with Gasteiger partial charge in [-0.1, -0.05) is 11.3 Å². The number of anilines is 2. The van der Waals surface area contributed by atoms with E-state index in [4.69, 9.17) is 4.74 Å². The van der Waals surface area contributed by atoms with E-state index in [2.05, 4.69) is 35.6 Å². The molecule has 0 atom stereocenters. The van der Waals surface area contributed by atoms with Gasteiger partial charge in [0.25, 0.3) is 5.91 Å². The zero-order valence-electron chi connectivity index (χ0n) is 12.5. The van der Waals surface area contributed by atoms with Gasteiger partial charge in [0.1, 0.15) is 11.0 Å². The number of nitrogens with one attached hydrogen (secondary N) is 1. The molecule has 3 aromatic rings. The number of ether oxygens (including phenoxy) is 1. The molecule has 24 heavy (non-hydrogen) atoms. The van der Waals surface area contributed by atoms with Crippen molar-refractivity contribution in [2.75, 3.05) is 36.5 Å². The molecule has 1 N–H and O–H groups in total. The molecule has 0 radical (unpaired) electrons. The van der Waals surface area contributed by atoms with Crippen molar-refractivity contribution in [2.45, 2.75) is 0 Å². The first-order chi connectivity index (χ1) is 11.8. The first-order valence-electron chi connectivity index (χ1n) is 7.34. The Labute approximate surface area is 140 Å². The molecule has 0 saturated carbocycles. The third kappa shape index (κ3) is 3.01. The van der Waals surface area contributed by atoms with E-state index in [9.17, 15) is 4.79 Å². The number of carbonyl (C=O) groups is 1. The van der Waals surface area contributed by atoms with Gasteiger partial charge in [-0.05, 0) is 18.2 Å². The van der Waals surface area contributed by atoms with Gasteiger partial charge in [-0.3, -0.25) is 10.1 Å². The van der Waals surface area contributed by atoms with Crippen molar-refractivity contribution in [3.05, 3.63) is 29.5 Å². The van der Waals surface area contributed by atoms with Gasteiger partial charge in [0, 0.05) is 18.8 Å². The van der Waals surface area contributed by atoms with Crippen LogP contribution in [-0.4, -0.2) is 57.6 Å². The monoisotopic (exact) mass is 343 g/mol. The standard InChI is InChI=1S/C14H13N7O2S/c22-13(17-14-20-15-8-24-14)12-16-11-7-9(1-2-10(11)18-19-12)21-3-5-23-6-4-21/h1-2,7-8H,3-6H2,(H,17,20,22). The van der Waals surface area contributed by atoms with Crippen LogP contribution < -0.4 is 10.2 Å². The van der Waals surface area contributed by atoms with Crippen LogP contribution in [0.1, 0.15) is 10.6 Å². The molecule has 2 aromatic heterocycles. The van der Waals surface area contributed by atoms with Crippen LogP contribution in [0.15, 0.2) is 23.7 Å². The van der Waals surface area contributed by atoms with Gasteiger partial charge >= 0.3 is 0 Å². The number of benzene rings is 1. The summed E-state index contributed by atoms with van der Waals surface area (Å²) in [5.74, 6) is -0.463. The molecule has 10 heteroatoms.